The highest BCUT2D eigenvalue weighted by molar-refractivity contribution is 5.80. The SMILES string of the molecule is C=Cc1ccc(-c2cccc(N(c3cccc(C)c3)c3cccc(C)c3)c2)cc1. The molecular weight excluding hydrogens is 350 g/mol. The Morgan fingerprint density at radius 2 is 1.10 bits per heavy atom. The third-order valence-corrected chi connectivity index (χ3v) is 5.10. The van der Waals surface area contributed by atoms with Crippen molar-refractivity contribution in [2.75, 3.05) is 4.90 Å². The molecule has 0 N–H and O–H groups in total. The molecule has 0 aliphatic carbocycles. The molecule has 4 rings (SSSR count). The Balaban J connectivity index is 1.83. The van der Waals surface area contributed by atoms with Crippen molar-refractivity contribution in [3.63, 3.8) is 0 Å². The fraction of sp³-hybridized carbons (Fsp3) is 0.0714. The summed E-state index contributed by atoms with van der Waals surface area (Å²) < 4.78 is 0. The largest absolute Gasteiger partial charge is 0.310 e. The van der Waals surface area contributed by atoms with Crippen molar-refractivity contribution in [3.8, 4) is 11.1 Å². The number of anilines is 3. The summed E-state index contributed by atoms with van der Waals surface area (Å²) in [4.78, 5) is 2.32. The van der Waals surface area contributed by atoms with E-state index in [9.17, 15) is 0 Å². The zero-order valence-electron chi connectivity index (χ0n) is 17.0. The highest BCUT2D eigenvalue weighted by atomic mass is 15.1. The molecule has 0 fully saturated rings. The van der Waals surface area contributed by atoms with Crippen LogP contribution in [0.15, 0.2) is 104 Å². The first-order valence-corrected chi connectivity index (χ1v) is 9.90. The van der Waals surface area contributed by atoms with Crippen molar-refractivity contribution in [2.45, 2.75) is 13.8 Å². The molecule has 29 heavy (non-hydrogen) atoms. The Labute approximate surface area is 173 Å². The molecule has 0 aromatic heterocycles. The highest BCUT2D eigenvalue weighted by Crippen LogP contribution is 2.37. The van der Waals surface area contributed by atoms with Crippen LogP contribution in [0.3, 0.4) is 0 Å². The van der Waals surface area contributed by atoms with Gasteiger partial charge in [0.15, 0.2) is 0 Å². The molecule has 0 unspecified atom stereocenters. The summed E-state index contributed by atoms with van der Waals surface area (Å²) in [6.07, 6.45) is 1.87. The van der Waals surface area contributed by atoms with E-state index in [4.69, 9.17) is 0 Å². The van der Waals surface area contributed by atoms with Crippen molar-refractivity contribution < 1.29 is 0 Å². The van der Waals surface area contributed by atoms with Gasteiger partial charge in [-0.05, 0) is 78.1 Å². The fourth-order valence-corrected chi connectivity index (χ4v) is 3.62. The zero-order chi connectivity index (χ0) is 20.2. The molecule has 0 heterocycles. The molecule has 0 bridgehead atoms. The molecular formula is C28H25N. The van der Waals surface area contributed by atoms with Crippen LogP contribution in [-0.2, 0) is 0 Å². The van der Waals surface area contributed by atoms with Gasteiger partial charge in [-0.3, -0.25) is 0 Å². The molecule has 4 aromatic rings. The van der Waals surface area contributed by atoms with E-state index in [2.05, 4.69) is 122 Å². The second kappa shape index (κ2) is 8.20. The first-order chi connectivity index (χ1) is 14.1. The molecule has 0 aliphatic rings. The Bertz CT molecular complexity index is 1090. The molecule has 142 valence electrons. The topological polar surface area (TPSA) is 3.24 Å². The quantitative estimate of drug-likeness (QED) is 0.341. The minimum atomic E-state index is 1.13. The maximum Gasteiger partial charge on any atom is 0.0467 e. The van der Waals surface area contributed by atoms with Gasteiger partial charge in [-0.2, -0.15) is 0 Å². The standard InChI is InChI=1S/C28H25N/c1-4-23-14-16-24(17-15-23)25-10-7-13-28(20-25)29(26-11-5-8-21(2)18-26)27-12-6-9-22(3)19-27/h4-20H,1H2,2-3H3. The minimum Gasteiger partial charge on any atom is -0.310 e. The van der Waals surface area contributed by atoms with Crippen LogP contribution in [0, 0.1) is 13.8 Å². The van der Waals surface area contributed by atoms with Gasteiger partial charge in [0.25, 0.3) is 0 Å². The van der Waals surface area contributed by atoms with Crippen LogP contribution in [0.2, 0.25) is 0 Å². The lowest BCUT2D eigenvalue weighted by Gasteiger charge is -2.26. The lowest BCUT2D eigenvalue weighted by Crippen LogP contribution is -2.10. The van der Waals surface area contributed by atoms with Gasteiger partial charge in [0.05, 0.1) is 0 Å². The second-order valence-electron chi connectivity index (χ2n) is 7.39. The van der Waals surface area contributed by atoms with Crippen molar-refractivity contribution in [1.82, 2.24) is 0 Å². The molecule has 1 heteroatoms. The van der Waals surface area contributed by atoms with Gasteiger partial charge in [-0.15, -0.1) is 0 Å². The monoisotopic (exact) mass is 375 g/mol. The third kappa shape index (κ3) is 4.14. The summed E-state index contributed by atoms with van der Waals surface area (Å²) >= 11 is 0. The molecule has 1 nitrogen and oxygen atoms in total. The van der Waals surface area contributed by atoms with E-state index in [1.807, 2.05) is 6.08 Å². The number of nitrogens with zero attached hydrogens (tertiary/aromatic N) is 1. The van der Waals surface area contributed by atoms with Gasteiger partial charge < -0.3 is 4.90 Å². The van der Waals surface area contributed by atoms with Crippen LogP contribution < -0.4 is 4.90 Å². The van der Waals surface area contributed by atoms with Crippen LogP contribution >= 0.6 is 0 Å². The van der Waals surface area contributed by atoms with Gasteiger partial charge in [0.2, 0.25) is 0 Å². The average molecular weight is 376 g/mol. The molecule has 0 saturated carbocycles. The molecule has 4 aromatic carbocycles. The van der Waals surface area contributed by atoms with Crippen LogP contribution in [0.4, 0.5) is 17.1 Å². The van der Waals surface area contributed by atoms with Crippen molar-refractivity contribution in [3.05, 3.63) is 120 Å². The molecule has 0 spiro atoms. The predicted molar refractivity (Wildman–Crippen MR) is 126 cm³/mol. The highest BCUT2D eigenvalue weighted by Gasteiger charge is 2.13. The summed E-state index contributed by atoms with van der Waals surface area (Å²) in [7, 11) is 0. The maximum atomic E-state index is 3.85. The molecule has 0 amide bonds. The molecule has 0 radical (unpaired) electrons. The molecule has 0 atom stereocenters. The maximum absolute atomic E-state index is 3.85. The van der Waals surface area contributed by atoms with E-state index in [-0.39, 0.29) is 0 Å². The third-order valence-electron chi connectivity index (χ3n) is 5.10. The second-order valence-corrected chi connectivity index (χ2v) is 7.39. The van der Waals surface area contributed by atoms with Gasteiger partial charge in [0.1, 0.15) is 0 Å². The number of hydrogen-bond acceptors (Lipinski definition) is 1. The predicted octanol–water partition coefficient (Wildman–Crippen LogP) is 8.08. The Kier molecular flexibility index (Phi) is 5.31. The van der Waals surface area contributed by atoms with Crippen LogP contribution in [0.5, 0.6) is 0 Å². The van der Waals surface area contributed by atoms with E-state index >= 15 is 0 Å². The van der Waals surface area contributed by atoms with Crippen LogP contribution in [-0.4, -0.2) is 0 Å². The van der Waals surface area contributed by atoms with Crippen LogP contribution in [0.25, 0.3) is 17.2 Å². The first kappa shape index (κ1) is 18.8. The lowest BCUT2D eigenvalue weighted by atomic mass is 10.0. The number of hydrogen-bond donors (Lipinski definition) is 0. The number of aryl methyl sites for hydroxylation is 2. The van der Waals surface area contributed by atoms with Gasteiger partial charge in [-0.25, -0.2) is 0 Å². The normalized spacial score (nSPS) is 10.6. The summed E-state index contributed by atoms with van der Waals surface area (Å²) in [5.74, 6) is 0. The number of benzene rings is 4. The zero-order valence-corrected chi connectivity index (χ0v) is 17.0. The van der Waals surface area contributed by atoms with Gasteiger partial charge in [-0.1, -0.05) is 73.3 Å². The van der Waals surface area contributed by atoms with Crippen molar-refractivity contribution in [1.29, 1.82) is 0 Å². The van der Waals surface area contributed by atoms with Gasteiger partial charge in [0, 0.05) is 17.1 Å². The fourth-order valence-electron chi connectivity index (χ4n) is 3.62. The molecule has 0 aliphatic heterocycles. The Morgan fingerprint density at radius 3 is 1.62 bits per heavy atom. The minimum absolute atomic E-state index is 1.13. The number of rotatable bonds is 5. The summed E-state index contributed by atoms with van der Waals surface area (Å²) in [6, 6.07) is 34.5. The summed E-state index contributed by atoms with van der Waals surface area (Å²) in [5, 5.41) is 0. The Morgan fingerprint density at radius 1 is 0.586 bits per heavy atom. The first-order valence-electron chi connectivity index (χ1n) is 9.90. The Hall–Kier alpha value is -3.58. The summed E-state index contributed by atoms with van der Waals surface area (Å²) in [5.41, 5.74) is 9.49. The van der Waals surface area contributed by atoms with E-state index in [0.717, 1.165) is 22.6 Å². The smallest absolute Gasteiger partial charge is 0.0467 e. The van der Waals surface area contributed by atoms with Crippen molar-refractivity contribution >= 4 is 23.1 Å². The summed E-state index contributed by atoms with van der Waals surface area (Å²) in [6.45, 7) is 8.11. The van der Waals surface area contributed by atoms with E-state index in [1.54, 1.807) is 0 Å². The van der Waals surface area contributed by atoms with E-state index in [0.29, 0.717) is 0 Å². The van der Waals surface area contributed by atoms with Crippen molar-refractivity contribution in [2.24, 2.45) is 0 Å². The van der Waals surface area contributed by atoms with E-state index in [1.165, 1.54) is 22.3 Å². The average Bonchev–Trinajstić information content (AvgIpc) is 2.74. The van der Waals surface area contributed by atoms with Crippen LogP contribution in [0.1, 0.15) is 16.7 Å². The van der Waals surface area contributed by atoms with E-state index < -0.39 is 0 Å². The molecule has 0 saturated heterocycles. The lowest BCUT2D eigenvalue weighted by molar-refractivity contribution is 1.26. The van der Waals surface area contributed by atoms with Gasteiger partial charge >= 0.3 is 0 Å².